The second-order valence-corrected chi connectivity index (χ2v) is 7.93. The summed E-state index contributed by atoms with van der Waals surface area (Å²) in [5.74, 6) is -0.515. The van der Waals surface area contributed by atoms with Crippen LogP contribution < -0.4 is 4.90 Å². The van der Waals surface area contributed by atoms with Crippen molar-refractivity contribution in [3.8, 4) is 0 Å². The molecule has 0 aliphatic carbocycles. The molecule has 0 aliphatic rings. The van der Waals surface area contributed by atoms with E-state index in [9.17, 15) is 13.2 Å². The number of nitrogens with zero attached hydrogens (tertiary/aromatic N) is 2. The number of esters is 1. The summed E-state index contributed by atoms with van der Waals surface area (Å²) in [6.07, 6.45) is 0. The summed E-state index contributed by atoms with van der Waals surface area (Å²) in [4.78, 5) is 19.3. The van der Waals surface area contributed by atoms with Crippen molar-refractivity contribution in [1.82, 2.24) is 4.47 Å². The van der Waals surface area contributed by atoms with Gasteiger partial charge in [0, 0.05) is 31.4 Å². The molecule has 0 heterocycles. The number of hydrogen-bond acceptors (Lipinski definition) is 6. The quantitative estimate of drug-likeness (QED) is 0.471. The molecule has 0 unspecified atom stereocenters. The van der Waals surface area contributed by atoms with E-state index < -0.39 is 16.0 Å². The summed E-state index contributed by atoms with van der Waals surface area (Å²) in [6.45, 7) is 5.99. The molecule has 0 fully saturated rings. The Labute approximate surface area is 166 Å². The van der Waals surface area contributed by atoms with Gasteiger partial charge in [0.05, 0.1) is 17.6 Å². The summed E-state index contributed by atoms with van der Waals surface area (Å²) in [6, 6.07) is 13.3. The molecule has 7 nitrogen and oxygen atoms in total. The first-order valence-electron chi connectivity index (χ1n) is 8.98. The van der Waals surface area contributed by atoms with Crippen LogP contribution in [0.4, 0.5) is 5.69 Å². The Balaban J connectivity index is 2.11. The molecule has 0 N–H and O–H groups in total. The lowest BCUT2D eigenvalue weighted by atomic mass is 10.1. The predicted molar refractivity (Wildman–Crippen MR) is 108 cm³/mol. The van der Waals surface area contributed by atoms with Crippen molar-refractivity contribution < 1.29 is 22.8 Å². The number of carbonyl (C=O) groups is 1. The van der Waals surface area contributed by atoms with Crippen LogP contribution in [-0.2, 0) is 26.2 Å². The van der Waals surface area contributed by atoms with E-state index in [0.717, 1.165) is 28.8 Å². The molecular weight excluding hydrogens is 380 g/mol. The molecule has 0 radical (unpaired) electrons. The van der Waals surface area contributed by atoms with Crippen LogP contribution in [0.2, 0.25) is 0 Å². The molecule has 0 aliphatic heterocycles. The van der Waals surface area contributed by atoms with Crippen molar-refractivity contribution in [2.24, 2.45) is 0 Å². The fraction of sp³-hybridized carbons (Fsp3) is 0.350. The summed E-state index contributed by atoms with van der Waals surface area (Å²) < 4.78 is 30.6. The second-order valence-electron chi connectivity index (χ2n) is 6.00. The first kappa shape index (κ1) is 21.9. The molecular formula is C20H26N2O5S. The molecule has 0 bridgehead atoms. The predicted octanol–water partition coefficient (Wildman–Crippen LogP) is 3.07. The van der Waals surface area contributed by atoms with Gasteiger partial charge in [-0.25, -0.2) is 13.2 Å². The molecule has 0 amide bonds. The van der Waals surface area contributed by atoms with Crippen molar-refractivity contribution in [3.63, 3.8) is 0 Å². The van der Waals surface area contributed by atoms with Gasteiger partial charge >= 0.3 is 5.97 Å². The van der Waals surface area contributed by atoms with E-state index in [1.807, 2.05) is 24.3 Å². The highest BCUT2D eigenvalue weighted by molar-refractivity contribution is 7.89. The number of para-hydroxylation sites is 1. The highest BCUT2D eigenvalue weighted by Crippen LogP contribution is 2.22. The van der Waals surface area contributed by atoms with E-state index in [1.165, 1.54) is 38.4 Å². The number of hydrogen-bond donors (Lipinski definition) is 0. The van der Waals surface area contributed by atoms with Crippen LogP contribution in [0.5, 0.6) is 0 Å². The molecule has 0 aromatic heterocycles. The van der Waals surface area contributed by atoms with Crippen molar-refractivity contribution >= 4 is 21.7 Å². The average Bonchev–Trinajstić information content (AvgIpc) is 2.73. The van der Waals surface area contributed by atoms with Crippen LogP contribution in [0.1, 0.15) is 29.8 Å². The number of benzene rings is 2. The Kier molecular flexibility index (Phi) is 7.56. The van der Waals surface area contributed by atoms with Crippen LogP contribution in [-0.4, -0.2) is 46.1 Å². The van der Waals surface area contributed by atoms with Gasteiger partial charge in [-0.15, -0.1) is 0 Å². The number of anilines is 1. The van der Waals surface area contributed by atoms with Gasteiger partial charge in [0.25, 0.3) is 10.0 Å². The maximum absolute atomic E-state index is 12.4. The topological polar surface area (TPSA) is 76.2 Å². The molecule has 28 heavy (non-hydrogen) atoms. The standard InChI is InChI=1S/C20H26N2O5S/c1-5-22(6-2)19-10-8-7-9-17(19)15-27-20(23)16-11-13-18(14-12-16)28(24,25)21(3)26-4/h7-14H,5-6,15H2,1-4H3. The smallest absolute Gasteiger partial charge is 0.338 e. The van der Waals surface area contributed by atoms with Gasteiger partial charge in [0.15, 0.2) is 0 Å². The Hall–Kier alpha value is -2.42. The zero-order valence-corrected chi connectivity index (χ0v) is 17.4. The van der Waals surface area contributed by atoms with E-state index in [-0.39, 0.29) is 17.1 Å². The SMILES string of the molecule is CCN(CC)c1ccccc1COC(=O)c1ccc(S(=O)(=O)N(C)OC)cc1. The van der Waals surface area contributed by atoms with Crippen LogP contribution in [0.3, 0.4) is 0 Å². The number of hydroxylamine groups is 1. The molecule has 2 aromatic carbocycles. The molecule has 2 aromatic rings. The maximum Gasteiger partial charge on any atom is 0.338 e. The lowest BCUT2D eigenvalue weighted by Crippen LogP contribution is -2.25. The largest absolute Gasteiger partial charge is 0.457 e. The van der Waals surface area contributed by atoms with E-state index in [1.54, 1.807) is 0 Å². The Morgan fingerprint density at radius 2 is 1.61 bits per heavy atom. The van der Waals surface area contributed by atoms with E-state index in [0.29, 0.717) is 0 Å². The normalized spacial score (nSPS) is 11.5. The van der Waals surface area contributed by atoms with Crippen molar-refractivity contribution in [1.29, 1.82) is 0 Å². The van der Waals surface area contributed by atoms with E-state index >= 15 is 0 Å². The molecule has 0 saturated heterocycles. The van der Waals surface area contributed by atoms with Crippen LogP contribution in [0.25, 0.3) is 0 Å². The highest BCUT2D eigenvalue weighted by atomic mass is 32.2. The van der Waals surface area contributed by atoms with E-state index in [2.05, 4.69) is 18.7 Å². The van der Waals surface area contributed by atoms with Crippen molar-refractivity contribution in [3.05, 3.63) is 59.7 Å². The van der Waals surface area contributed by atoms with Crippen LogP contribution >= 0.6 is 0 Å². The minimum Gasteiger partial charge on any atom is -0.457 e. The number of ether oxygens (including phenoxy) is 1. The number of rotatable bonds is 9. The van der Waals surface area contributed by atoms with Crippen LogP contribution in [0.15, 0.2) is 53.4 Å². The summed E-state index contributed by atoms with van der Waals surface area (Å²) in [5, 5.41) is 0. The molecule has 8 heteroatoms. The van der Waals surface area contributed by atoms with Gasteiger partial charge in [0.1, 0.15) is 6.61 Å². The number of sulfonamides is 1. The fourth-order valence-corrected chi connectivity index (χ4v) is 3.72. The zero-order chi connectivity index (χ0) is 20.7. The summed E-state index contributed by atoms with van der Waals surface area (Å²) in [7, 11) is -1.19. The highest BCUT2D eigenvalue weighted by Gasteiger charge is 2.21. The number of carbonyl (C=O) groups excluding carboxylic acids is 1. The van der Waals surface area contributed by atoms with Gasteiger partial charge in [-0.05, 0) is 44.2 Å². The van der Waals surface area contributed by atoms with Crippen molar-refractivity contribution in [2.75, 3.05) is 32.1 Å². The molecule has 0 atom stereocenters. The third-order valence-electron chi connectivity index (χ3n) is 4.44. The lowest BCUT2D eigenvalue weighted by Gasteiger charge is -2.24. The second kappa shape index (κ2) is 9.68. The monoisotopic (exact) mass is 406 g/mol. The van der Waals surface area contributed by atoms with Gasteiger partial charge in [-0.3, -0.25) is 4.84 Å². The maximum atomic E-state index is 12.4. The third kappa shape index (κ3) is 4.89. The molecule has 152 valence electrons. The Morgan fingerprint density at radius 1 is 1.00 bits per heavy atom. The lowest BCUT2D eigenvalue weighted by molar-refractivity contribution is -0.0258. The minimum atomic E-state index is -3.75. The molecule has 0 spiro atoms. The first-order chi connectivity index (χ1) is 13.3. The Bertz CT molecular complexity index is 893. The minimum absolute atomic E-state index is 0.0280. The third-order valence-corrected chi connectivity index (χ3v) is 6.13. The summed E-state index contributed by atoms with van der Waals surface area (Å²) in [5.41, 5.74) is 2.23. The molecule has 0 saturated carbocycles. The van der Waals surface area contributed by atoms with Gasteiger partial charge in [-0.1, -0.05) is 22.7 Å². The van der Waals surface area contributed by atoms with Gasteiger partial charge in [-0.2, -0.15) is 0 Å². The first-order valence-corrected chi connectivity index (χ1v) is 10.4. The van der Waals surface area contributed by atoms with Crippen LogP contribution in [0, 0.1) is 0 Å². The van der Waals surface area contributed by atoms with E-state index in [4.69, 9.17) is 9.57 Å². The molecule has 2 rings (SSSR count). The fourth-order valence-electron chi connectivity index (χ4n) is 2.74. The Morgan fingerprint density at radius 3 is 2.18 bits per heavy atom. The zero-order valence-electron chi connectivity index (χ0n) is 16.6. The van der Waals surface area contributed by atoms with Gasteiger partial charge in [0.2, 0.25) is 0 Å². The average molecular weight is 407 g/mol. The summed E-state index contributed by atoms with van der Waals surface area (Å²) >= 11 is 0. The van der Waals surface area contributed by atoms with Crippen molar-refractivity contribution in [2.45, 2.75) is 25.3 Å². The van der Waals surface area contributed by atoms with Gasteiger partial charge < -0.3 is 9.64 Å².